The SMILES string of the molecule is OC(c1ccccc1)C(Sc1nc2ccccc2s1)c1ccccc1. The first-order valence-corrected chi connectivity index (χ1v) is 9.81. The lowest BCUT2D eigenvalue weighted by Crippen LogP contribution is -2.07. The maximum Gasteiger partial charge on any atom is 0.151 e. The van der Waals surface area contributed by atoms with Crippen molar-refractivity contribution in [3.63, 3.8) is 0 Å². The average Bonchev–Trinajstić information content (AvgIpc) is 3.09. The number of nitrogens with zero attached hydrogens (tertiary/aromatic N) is 1. The number of aliphatic hydroxyl groups excluding tert-OH is 1. The Hall–Kier alpha value is -2.14. The zero-order chi connectivity index (χ0) is 17.1. The third-order valence-electron chi connectivity index (χ3n) is 4.06. The maximum atomic E-state index is 11.0. The highest BCUT2D eigenvalue weighted by molar-refractivity contribution is 8.01. The summed E-state index contributed by atoms with van der Waals surface area (Å²) in [7, 11) is 0. The van der Waals surface area contributed by atoms with Crippen molar-refractivity contribution in [3.05, 3.63) is 96.1 Å². The Balaban J connectivity index is 1.70. The molecule has 124 valence electrons. The van der Waals surface area contributed by atoms with E-state index < -0.39 is 6.10 Å². The number of thioether (sulfide) groups is 1. The number of thiazole rings is 1. The summed E-state index contributed by atoms with van der Waals surface area (Å²) in [6.45, 7) is 0. The molecule has 2 atom stereocenters. The average molecular weight is 364 g/mol. The van der Waals surface area contributed by atoms with Crippen LogP contribution in [0.5, 0.6) is 0 Å². The van der Waals surface area contributed by atoms with Gasteiger partial charge in [-0.1, -0.05) is 84.6 Å². The number of aliphatic hydroxyl groups is 1. The van der Waals surface area contributed by atoms with E-state index in [9.17, 15) is 5.11 Å². The van der Waals surface area contributed by atoms with E-state index in [4.69, 9.17) is 4.98 Å². The predicted octanol–water partition coefficient (Wildman–Crippen LogP) is 5.86. The fourth-order valence-corrected chi connectivity index (χ4v) is 5.21. The van der Waals surface area contributed by atoms with Gasteiger partial charge in [0, 0.05) is 0 Å². The molecule has 2 nitrogen and oxygen atoms in total. The lowest BCUT2D eigenvalue weighted by atomic mass is 10.0. The van der Waals surface area contributed by atoms with Crippen LogP contribution >= 0.6 is 23.1 Å². The van der Waals surface area contributed by atoms with Crippen molar-refractivity contribution in [1.82, 2.24) is 4.98 Å². The number of hydrogen-bond acceptors (Lipinski definition) is 4. The Morgan fingerprint density at radius 2 is 1.36 bits per heavy atom. The van der Waals surface area contributed by atoms with Gasteiger partial charge in [0.2, 0.25) is 0 Å². The minimum absolute atomic E-state index is 0.107. The number of benzene rings is 3. The Morgan fingerprint density at radius 1 is 0.760 bits per heavy atom. The summed E-state index contributed by atoms with van der Waals surface area (Å²) in [4.78, 5) is 4.72. The molecule has 0 saturated heterocycles. The molecule has 1 N–H and O–H groups in total. The summed E-state index contributed by atoms with van der Waals surface area (Å²) < 4.78 is 2.15. The Labute approximate surface area is 155 Å². The molecule has 0 bridgehead atoms. The van der Waals surface area contributed by atoms with Crippen LogP contribution in [0.4, 0.5) is 0 Å². The van der Waals surface area contributed by atoms with Gasteiger partial charge in [-0.25, -0.2) is 4.98 Å². The van der Waals surface area contributed by atoms with Crippen LogP contribution in [0.15, 0.2) is 89.3 Å². The predicted molar refractivity (Wildman–Crippen MR) is 106 cm³/mol. The molecular weight excluding hydrogens is 346 g/mol. The number of rotatable bonds is 5. The Morgan fingerprint density at radius 3 is 2.04 bits per heavy atom. The van der Waals surface area contributed by atoms with Crippen LogP contribution in [0.1, 0.15) is 22.5 Å². The molecule has 0 aliphatic rings. The van der Waals surface area contributed by atoms with Crippen molar-refractivity contribution < 1.29 is 5.11 Å². The Bertz CT molecular complexity index is 920. The Kier molecular flexibility index (Phi) is 4.83. The highest BCUT2D eigenvalue weighted by Crippen LogP contribution is 2.45. The van der Waals surface area contributed by atoms with E-state index in [0.29, 0.717) is 0 Å². The zero-order valence-corrected chi connectivity index (χ0v) is 15.1. The second-order valence-electron chi connectivity index (χ2n) is 5.75. The third kappa shape index (κ3) is 3.61. The second kappa shape index (κ2) is 7.40. The second-order valence-corrected chi connectivity index (χ2v) is 8.17. The van der Waals surface area contributed by atoms with E-state index in [-0.39, 0.29) is 5.25 Å². The van der Waals surface area contributed by atoms with Crippen LogP contribution in [-0.4, -0.2) is 10.1 Å². The normalized spacial score (nSPS) is 13.6. The van der Waals surface area contributed by atoms with Gasteiger partial charge in [0.25, 0.3) is 0 Å². The van der Waals surface area contributed by atoms with Crippen molar-refractivity contribution in [3.8, 4) is 0 Å². The summed E-state index contributed by atoms with van der Waals surface area (Å²) in [6.07, 6.45) is -0.597. The van der Waals surface area contributed by atoms with E-state index in [1.807, 2.05) is 66.7 Å². The van der Waals surface area contributed by atoms with E-state index in [2.05, 4.69) is 18.2 Å². The summed E-state index contributed by atoms with van der Waals surface area (Å²) in [5.74, 6) is 0. The van der Waals surface area contributed by atoms with Crippen LogP contribution in [0.3, 0.4) is 0 Å². The summed E-state index contributed by atoms with van der Waals surface area (Å²) >= 11 is 3.30. The van der Waals surface area contributed by atoms with Gasteiger partial charge in [0.15, 0.2) is 4.34 Å². The summed E-state index contributed by atoms with van der Waals surface area (Å²) in [5.41, 5.74) is 3.03. The van der Waals surface area contributed by atoms with Crippen LogP contribution in [0.25, 0.3) is 10.2 Å². The molecule has 0 aliphatic heterocycles. The van der Waals surface area contributed by atoms with Gasteiger partial charge in [-0.15, -0.1) is 11.3 Å². The summed E-state index contributed by atoms with van der Waals surface area (Å²) in [6, 6.07) is 28.1. The van der Waals surface area contributed by atoms with Gasteiger partial charge < -0.3 is 5.11 Å². The first kappa shape index (κ1) is 16.3. The molecule has 0 amide bonds. The number of hydrogen-bond donors (Lipinski definition) is 1. The van der Waals surface area contributed by atoms with Gasteiger partial charge in [-0.3, -0.25) is 0 Å². The van der Waals surface area contributed by atoms with Gasteiger partial charge in [0.1, 0.15) is 0 Å². The third-order valence-corrected chi connectivity index (χ3v) is 6.50. The number of para-hydroxylation sites is 1. The molecule has 0 radical (unpaired) electrons. The van der Waals surface area contributed by atoms with Gasteiger partial charge in [-0.2, -0.15) is 0 Å². The lowest BCUT2D eigenvalue weighted by Gasteiger charge is -2.22. The molecule has 25 heavy (non-hydrogen) atoms. The molecule has 4 heteroatoms. The van der Waals surface area contributed by atoms with Crippen molar-refractivity contribution in [1.29, 1.82) is 0 Å². The van der Waals surface area contributed by atoms with Crippen LogP contribution in [0, 0.1) is 0 Å². The first-order valence-electron chi connectivity index (χ1n) is 8.11. The largest absolute Gasteiger partial charge is 0.387 e. The lowest BCUT2D eigenvalue weighted by molar-refractivity contribution is 0.175. The molecular formula is C21H17NOS2. The topological polar surface area (TPSA) is 33.1 Å². The molecule has 2 unspecified atom stereocenters. The first-order chi connectivity index (χ1) is 12.3. The fourth-order valence-electron chi connectivity index (χ4n) is 2.79. The van der Waals surface area contributed by atoms with Gasteiger partial charge in [0.05, 0.1) is 21.6 Å². The van der Waals surface area contributed by atoms with Crippen molar-refractivity contribution in [2.75, 3.05) is 0 Å². The fraction of sp³-hybridized carbons (Fsp3) is 0.0952. The van der Waals surface area contributed by atoms with E-state index in [1.54, 1.807) is 23.1 Å². The van der Waals surface area contributed by atoms with E-state index in [0.717, 1.165) is 21.0 Å². The molecule has 1 heterocycles. The van der Waals surface area contributed by atoms with Crippen LogP contribution in [0.2, 0.25) is 0 Å². The van der Waals surface area contributed by atoms with E-state index in [1.165, 1.54) is 4.70 Å². The molecule has 4 aromatic rings. The van der Waals surface area contributed by atoms with Gasteiger partial charge in [-0.05, 0) is 23.3 Å². The monoisotopic (exact) mass is 363 g/mol. The van der Waals surface area contributed by atoms with Crippen LogP contribution < -0.4 is 0 Å². The van der Waals surface area contributed by atoms with E-state index >= 15 is 0 Å². The van der Waals surface area contributed by atoms with Crippen LogP contribution in [-0.2, 0) is 0 Å². The number of aromatic nitrogens is 1. The van der Waals surface area contributed by atoms with Crippen molar-refractivity contribution in [2.45, 2.75) is 15.7 Å². The van der Waals surface area contributed by atoms with Crippen molar-refractivity contribution in [2.24, 2.45) is 0 Å². The molecule has 0 aliphatic carbocycles. The minimum Gasteiger partial charge on any atom is -0.387 e. The molecule has 0 fully saturated rings. The smallest absolute Gasteiger partial charge is 0.151 e. The van der Waals surface area contributed by atoms with Gasteiger partial charge >= 0.3 is 0 Å². The highest BCUT2D eigenvalue weighted by atomic mass is 32.2. The summed E-state index contributed by atoms with van der Waals surface area (Å²) in [5, 5.41) is 10.9. The molecule has 0 saturated carbocycles. The molecule has 1 aromatic heterocycles. The quantitative estimate of drug-likeness (QED) is 0.451. The highest BCUT2D eigenvalue weighted by Gasteiger charge is 2.25. The minimum atomic E-state index is -0.597. The molecule has 3 aromatic carbocycles. The zero-order valence-electron chi connectivity index (χ0n) is 13.4. The number of fused-ring (bicyclic) bond motifs is 1. The molecule has 4 rings (SSSR count). The molecule has 0 spiro atoms. The standard InChI is InChI=1S/C21H17NOS2/c23-19(15-9-3-1-4-10-15)20(16-11-5-2-6-12-16)25-21-22-17-13-7-8-14-18(17)24-21/h1-14,19-20,23H. The maximum absolute atomic E-state index is 11.0. The van der Waals surface area contributed by atoms with Crippen molar-refractivity contribution >= 4 is 33.3 Å².